The fourth-order valence-electron chi connectivity index (χ4n) is 3.10. The number of carbonyl (C=O) groups excluding carboxylic acids is 3. The third-order valence-electron chi connectivity index (χ3n) is 4.89. The average Bonchev–Trinajstić information content (AvgIpc) is 3.09. The summed E-state index contributed by atoms with van der Waals surface area (Å²) in [4.78, 5) is 48.7. The highest BCUT2D eigenvalue weighted by Crippen LogP contribution is 2.39. The summed E-state index contributed by atoms with van der Waals surface area (Å²) in [6.07, 6.45) is 1.47. The molecule has 178 valence electrons. The second kappa shape index (κ2) is 10.6. The van der Waals surface area contributed by atoms with E-state index in [0.717, 1.165) is 10.5 Å². The van der Waals surface area contributed by atoms with Crippen molar-refractivity contribution in [3.63, 3.8) is 0 Å². The van der Waals surface area contributed by atoms with Gasteiger partial charge in [-0.2, -0.15) is 0 Å². The fourth-order valence-corrected chi connectivity index (χ4v) is 4.29. The van der Waals surface area contributed by atoms with Gasteiger partial charge in [-0.3, -0.25) is 14.5 Å². The first-order chi connectivity index (χ1) is 16.2. The number of carboxylic acids is 1. The van der Waals surface area contributed by atoms with Gasteiger partial charge in [-0.15, -0.1) is 0 Å². The van der Waals surface area contributed by atoms with Gasteiger partial charge < -0.3 is 19.3 Å². The molecule has 1 fully saturated rings. The lowest BCUT2D eigenvalue weighted by molar-refractivity contribution is -0.148. The molecule has 9 nitrogen and oxygen atoms in total. The predicted molar refractivity (Wildman–Crippen MR) is 125 cm³/mol. The molecule has 0 aromatic heterocycles. The molecule has 1 heterocycles. The molecule has 0 saturated carbocycles. The normalized spacial score (nSPS) is 15.4. The predicted octanol–water partition coefficient (Wildman–Crippen LogP) is 4.22. The Morgan fingerprint density at radius 3 is 2.44 bits per heavy atom. The van der Waals surface area contributed by atoms with Gasteiger partial charge in [0.2, 0.25) is 0 Å². The summed E-state index contributed by atoms with van der Waals surface area (Å²) in [6, 6.07) is 8.28. The smallest absolute Gasteiger partial charge is 0.335 e. The molecule has 0 spiro atoms. The number of benzene rings is 2. The minimum absolute atomic E-state index is 0.111. The fraction of sp³-hybridized carbons (Fsp3) is 0.217. The van der Waals surface area contributed by atoms with Crippen molar-refractivity contribution in [2.45, 2.75) is 19.6 Å². The number of halogens is 1. The molecule has 0 radical (unpaired) electrons. The maximum Gasteiger partial charge on any atom is 0.335 e. The number of carbonyl (C=O) groups is 4. The second-order valence-corrected chi connectivity index (χ2v) is 8.48. The van der Waals surface area contributed by atoms with Gasteiger partial charge in [0.15, 0.2) is 11.5 Å². The van der Waals surface area contributed by atoms with E-state index < -0.39 is 29.1 Å². The monoisotopic (exact) mass is 505 g/mol. The van der Waals surface area contributed by atoms with Crippen LogP contribution in [-0.4, -0.2) is 53.4 Å². The maximum absolute atomic E-state index is 12.7. The molecule has 0 aliphatic carbocycles. The van der Waals surface area contributed by atoms with Crippen molar-refractivity contribution in [2.75, 3.05) is 14.2 Å². The van der Waals surface area contributed by atoms with Crippen LogP contribution in [-0.2, 0) is 20.9 Å². The van der Waals surface area contributed by atoms with E-state index in [1.54, 1.807) is 24.3 Å². The van der Waals surface area contributed by atoms with Crippen molar-refractivity contribution in [3.05, 3.63) is 63.0 Å². The van der Waals surface area contributed by atoms with Gasteiger partial charge in [0.1, 0.15) is 12.6 Å². The van der Waals surface area contributed by atoms with Crippen LogP contribution in [0.3, 0.4) is 0 Å². The average molecular weight is 506 g/mol. The molecule has 11 heteroatoms. The van der Waals surface area contributed by atoms with Crippen LogP contribution in [0.4, 0.5) is 4.79 Å². The van der Waals surface area contributed by atoms with Crippen LogP contribution in [0.1, 0.15) is 28.4 Å². The SMILES string of the molecule is COC(=O)[C@@H](C)N1C(=O)S/C(=C/c2cc(Cl)c(OCc3ccc(C(=O)O)cc3)c(OC)c2)C1=O. The van der Waals surface area contributed by atoms with E-state index in [9.17, 15) is 19.2 Å². The molecule has 0 unspecified atom stereocenters. The Morgan fingerprint density at radius 1 is 1.18 bits per heavy atom. The summed E-state index contributed by atoms with van der Waals surface area (Å²) in [5, 5.41) is 8.61. The lowest BCUT2D eigenvalue weighted by Gasteiger charge is -2.18. The van der Waals surface area contributed by atoms with E-state index in [1.165, 1.54) is 39.4 Å². The zero-order valence-electron chi connectivity index (χ0n) is 18.4. The Morgan fingerprint density at radius 2 is 1.85 bits per heavy atom. The lowest BCUT2D eigenvalue weighted by Crippen LogP contribution is -2.42. The lowest BCUT2D eigenvalue weighted by atomic mass is 10.1. The van der Waals surface area contributed by atoms with Gasteiger partial charge in [-0.05, 0) is 60.2 Å². The quantitative estimate of drug-likeness (QED) is 0.415. The third-order valence-corrected chi connectivity index (χ3v) is 6.05. The second-order valence-electron chi connectivity index (χ2n) is 7.08. The molecule has 0 bridgehead atoms. The Hall–Kier alpha value is -3.50. The van der Waals surface area contributed by atoms with Crippen LogP contribution >= 0.6 is 23.4 Å². The van der Waals surface area contributed by atoms with Crippen LogP contribution in [0.25, 0.3) is 6.08 Å². The Kier molecular flexibility index (Phi) is 7.85. The molecular weight excluding hydrogens is 486 g/mol. The number of methoxy groups -OCH3 is 2. The van der Waals surface area contributed by atoms with Crippen molar-refractivity contribution >= 4 is 52.5 Å². The van der Waals surface area contributed by atoms with Crippen molar-refractivity contribution in [1.29, 1.82) is 0 Å². The zero-order valence-corrected chi connectivity index (χ0v) is 19.9. The van der Waals surface area contributed by atoms with Crippen molar-refractivity contribution in [2.24, 2.45) is 0 Å². The van der Waals surface area contributed by atoms with Crippen LogP contribution in [0.15, 0.2) is 41.3 Å². The first-order valence-corrected chi connectivity index (χ1v) is 11.0. The van der Waals surface area contributed by atoms with E-state index in [1.807, 2.05) is 0 Å². The zero-order chi connectivity index (χ0) is 25.0. The van der Waals surface area contributed by atoms with Gasteiger partial charge in [0.25, 0.3) is 11.1 Å². The van der Waals surface area contributed by atoms with Crippen LogP contribution in [0, 0.1) is 0 Å². The highest BCUT2D eigenvalue weighted by Gasteiger charge is 2.41. The molecule has 2 aromatic rings. The molecule has 2 amide bonds. The first kappa shape index (κ1) is 25.1. The highest BCUT2D eigenvalue weighted by molar-refractivity contribution is 8.18. The molecule has 3 rings (SSSR count). The third kappa shape index (κ3) is 5.35. The molecule has 2 aromatic carbocycles. The van der Waals surface area contributed by atoms with E-state index >= 15 is 0 Å². The number of hydrogen-bond donors (Lipinski definition) is 1. The largest absolute Gasteiger partial charge is 0.493 e. The van der Waals surface area contributed by atoms with Crippen LogP contribution < -0.4 is 9.47 Å². The summed E-state index contributed by atoms with van der Waals surface area (Å²) >= 11 is 7.09. The number of imide groups is 1. The number of aromatic carboxylic acids is 1. The molecule has 1 aliphatic heterocycles. The van der Waals surface area contributed by atoms with Gasteiger partial charge in [0, 0.05) is 0 Å². The number of ether oxygens (including phenoxy) is 3. The number of hydrogen-bond acceptors (Lipinski definition) is 8. The van der Waals surface area contributed by atoms with Crippen molar-refractivity contribution < 1.29 is 38.5 Å². The number of nitrogens with zero attached hydrogens (tertiary/aromatic N) is 1. The van der Waals surface area contributed by atoms with E-state index in [0.29, 0.717) is 23.1 Å². The summed E-state index contributed by atoms with van der Waals surface area (Å²) in [5.41, 5.74) is 1.37. The number of thioether (sulfide) groups is 1. The van der Waals surface area contributed by atoms with Crippen molar-refractivity contribution in [3.8, 4) is 11.5 Å². The molecule has 1 aliphatic rings. The standard InChI is InChI=1S/C23H20ClNO8S/c1-12(22(29)32-3)25-20(26)18(34-23(25)30)10-14-8-16(24)19(17(9-14)31-2)33-11-13-4-6-15(7-5-13)21(27)28/h4-10,12H,11H2,1-3H3,(H,27,28)/b18-10+/t12-/m1/s1. The maximum atomic E-state index is 12.7. The van der Waals surface area contributed by atoms with Crippen molar-refractivity contribution in [1.82, 2.24) is 4.90 Å². The van der Waals surface area contributed by atoms with E-state index in [2.05, 4.69) is 4.74 Å². The molecular formula is C23H20ClNO8S. The highest BCUT2D eigenvalue weighted by atomic mass is 35.5. The summed E-state index contributed by atoms with van der Waals surface area (Å²) in [6.45, 7) is 1.52. The van der Waals surface area contributed by atoms with Crippen LogP contribution in [0.5, 0.6) is 11.5 Å². The number of esters is 1. The number of carboxylic acid groups (broad SMARTS) is 1. The summed E-state index contributed by atoms with van der Waals surface area (Å²) in [5.74, 6) is -1.79. The molecule has 1 N–H and O–H groups in total. The molecule has 1 atom stereocenters. The summed E-state index contributed by atoms with van der Waals surface area (Å²) in [7, 11) is 2.60. The van der Waals surface area contributed by atoms with Gasteiger partial charge in [-0.25, -0.2) is 9.59 Å². The summed E-state index contributed by atoms with van der Waals surface area (Å²) < 4.78 is 15.8. The minimum atomic E-state index is -1.05. The molecule has 34 heavy (non-hydrogen) atoms. The minimum Gasteiger partial charge on any atom is -0.493 e. The Balaban J connectivity index is 1.81. The van der Waals surface area contributed by atoms with Gasteiger partial charge in [-0.1, -0.05) is 23.7 Å². The van der Waals surface area contributed by atoms with Gasteiger partial charge in [0.05, 0.1) is 29.7 Å². The molecule has 1 saturated heterocycles. The first-order valence-electron chi connectivity index (χ1n) is 9.83. The van der Waals surface area contributed by atoms with E-state index in [-0.39, 0.29) is 27.8 Å². The van der Waals surface area contributed by atoms with E-state index in [4.69, 9.17) is 26.2 Å². The Bertz CT molecular complexity index is 1180. The number of amides is 2. The number of rotatable bonds is 8. The van der Waals surface area contributed by atoms with Crippen LogP contribution in [0.2, 0.25) is 5.02 Å². The Labute approximate surface area is 204 Å². The topological polar surface area (TPSA) is 119 Å². The van der Waals surface area contributed by atoms with Gasteiger partial charge >= 0.3 is 11.9 Å².